The van der Waals surface area contributed by atoms with Crippen LogP contribution in [0.15, 0.2) is 48.5 Å². The van der Waals surface area contributed by atoms with Gasteiger partial charge in [0.2, 0.25) is 11.8 Å². The third-order valence-electron chi connectivity index (χ3n) is 6.65. The summed E-state index contributed by atoms with van der Waals surface area (Å²) in [6.45, 7) is -0.296. The average Bonchev–Trinajstić information content (AvgIpc) is 2.91. The Morgan fingerprint density at radius 2 is 1.62 bits per heavy atom. The maximum absolute atomic E-state index is 13.3. The van der Waals surface area contributed by atoms with Crippen molar-refractivity contribution in [3.05, 3.63) is 71.0 Å². The molecular formula is C27H34FN3O6. The van der Waals surface area contributed by atoms with Crippen molar-refractivity contribution >= 4 is 17.9 Å². The monoisotopic (exact) mass is 515 g/mol. The molecule has 9 nitrogen and oxygen atoms in total. The summed E-state index contributed by atoms with van der Waals surface area (Å²) in [5.41, 5.74) is 7.68. The van der Waals surface area contributed by atoms with Crippen LogP contribution >= 0.6 is 0 Å². The second-order valence-corrected chi connectivity index (χ2v) is 9.12. The van der Waals surface area contributed by atoms with Gasteiger partial charge in [-0.3, -0.25) is 9.59 Å². The van der Waals surface area contributed by atoms with Gasteiger partial charge in [0, 0.05) is 19.0 Å². The number of aliphatic hydroxyl groups is 2. The molecule has 1 fully saturated rings. The van der Waals surface area contributed by atoms with Gasteiger partial charge < -0.3 is 30.9 Å². The number of nitrogens with one attached hydrogen (secondary N) is 1. The van der Waals surface area contributed by atoms with Gasteiger partial charge in [0.05, 0.1) is 13.2 Å². The third kappa shape index (κ3) is 7.74. The first-order chi connectivity index (χ1) is 17.8. The molecule has 5 N–H and O–H groups in total. The van der Waals surface area contributed by atoms with Gasteiger partial charge in [0.15, 0.2) is 0 Å². The lowest BCUT2D eigenvalue weighted by molar-refractivity contribution is -0.131. The zero-order chi connectivity index (χ0) is 26.8. The summed E-state index contributed by atoms with van der Waals surface area (Å²) in [4.78, 5) is 38.7. The number of amides is 3. The highest BCUT2D eigenvalue weighted by molar-refractivity contribution is 5.89. The molecule has 1 saturated carbocycles. The molecule has 3 amide bonds. The zero-order valence-corrected chi connectivity index (χ0v) is 20.6. The SMILES string of the molecule is NC(=O)[C@@H](NC(=O)[C@@H]1CCCC[C@H]1c1ccc(COC(=O)N(CCO)CCO)cc1)c1ccc(F)cc1. The van der Waals surface area contributed by atoms with E-state index >= 15 is 0 Å². The molecule has 37 heavy (non-hydrogen) atoms. The average molecular weight is 516 g/mol. The van der Waals surface area contributed by atoms with Crippen LogP contribution in [0.2, 0.25) is 0 Å². The number of halogens is 1. The number of nitrogens with zero attached hydrogens (tertiary/aromatic N) is 1. The predicted molar refractivity (Wildman–Crippen MR) is 134 cm³/mol. The first-order valence-corrected chi connectivity index (χ1v) is 12.4. The summed E-state index contributed by atoms with van der Waals surface area (Å²) in [7, 11) is 0. The number of hydrogen-bond acceptors (Lipinski definition) is 6. The minimum atomic E-state index is -1.05. The van der Waals surface area contributed by atoms with Crippen LogP contribution < -0.4 is 11.1 Å². The molecule has 0 radical (unpaired) electrons. The van der Waals surface area contributed by atoms with Crippen molar-refractivity contribution < 1.29 is 33.7 Å². The maximum atomic E-state index is 13.3. The maximum Gasteiger partial charge on any atom is 0.410 e. The Balaban J connectivity index is 1.66. The molecular weight excluding hydrogens is 481 g/mol. The first kappa shape index (κ1) is 28.1. The smallest absolute Gasteiger partial charge is 0.410 e. The van der Waals surface area contributed by atoms with E-state index in [1.54, 1.807) is 0 Å². The van der Waals surface area contributed by atoms with Crippen molar-refractivity contribution in [2.75, 3.05) is 26.3 Å². The molecule has 2 aromatic rings. The number of nitrogens with two attached hydrogens (primary N) is 1. The number of carbonyl (C=O) groups is 3. The Morgan fingerprint density at radius 1 is 1.00 bits per heavy atom. The summed E-state index contributed by atoms with van der Waals surface area (Å²) < 4.78 is 18.6. The van der Waals surface area contributed by atoms with Gasteiger partial charge in [0.1, 0.15) is 18.5 Å². The number of carbonyl (C=O) groups excluding carboxylic acids is 3. The van der Waals surface area contributed by atoms with Crippen LogP contribution in [0, 0.1) is 11.7 Å². The zero-order valence-electron chi connectivity index (χ0n) is 20.6. The molecule has 0 saturated heterocycles. The van der Waals surface area contributed by atoms with Crippen LogP contribution in [0.25, 0.3) is 0 Å². The van der Waals surface area contributed by atoms with E-state index in [4.69, 9.17) is 20.7 Å². The van der Waals surface area contributed by atoms with Crippen molar-refractivity contribution in [2.45, 2.75) is 44.2 Å². The largest absolute Gasteiger partial charge is 0.445 e. The predicted octanol–water partition coefficient (Wildman–Crippen LogP) is 2.37. The third-order valence-corrected chi connectivity index (χ3v) is 6.65. The molecule has 0 aliphatic heterocycles. The van der Waals surface area contributed by atoms with E-state index in [0.717, 1.165) is 30.4 Å². The van der Waals surface area contributed by atoms with E-state index in [1.165, 1.54) is 29.2 Å². The molecule has 0 bridgehead atoms. The molecule has 3 atom stereocenters. The molecule has 10 heteroatoms. The molecule has 0 heterocycles. The normalized spacial score (nSPS) is 18.0. The van der Waals surface area contributed by atoms with Gasteiger partial charge in [-0.15, -0.1) is 0 Å². The number of ether oxygens (including phenoxy) is 1. The van der Waals surface area contributed by atoms with E-state index in [2.05, 4.69) is 5.32 Å². The van der Waals surface area contributed by atoms with Crippen LogP contribution in [-0.4, -0.2) is 59.3 Å². The van der Waals surface area contributed by atoms with Crippen LogP contribution in [0.1, 0.15) is 54.3 Å². The van der Waals surface area contributed by atoms with Crippen LogP contribution in [0.5, 0.6) is 0 Å². The van der Waals surface area contributed by atoms with Gasteiger partial charge in [-0.1, -0.05) is 49.2 Å². The summed E-state index contributed by atoms with van der Waals surface area (Å²) in [6, 6.07) is 11.7. The molecule has 3 rings (SSSR count). The van der Waals surface area contributed by atoms with Gasteiger partial charge in [-0.2, -0.15) is 0 Å². The number of primary amides is 1. The Hall–Kier alpha value is -3.50. The molecule has 1 aliphatic rings. The van der Waals surface area contributed by atoms with Crippen LogP contribution in [-0.2, 0) is 20.9 Å². The minimum Gasteiger partial charge on any atom is -0.445 e. The fourth-order valence-corrected chi connectivity index (χ4v) is 4.70. The van der Waals surface area contributed by atoms with Crippen molar-refractivity contribution in [1.82, 2.24) is 10.2 Å². The number of rotatable bonds is 11. The van der Waals surface area contributed by atoms with E-state index < -0.39 is 23.9 Å². The lowest BCUT2D eigenvalue weighted by atomic mass is 9.74. The lowest BCUT2D eigenvalue weighted by Crippen LogP contribution is -2.42. The van der Waals surface area contributed by atoms with Gasteiger partial charge in [-0.25, -0.2) is 9.18 Å². The number of aliphatic hydroxyl groups excluding tert-OH is 2. The van der Waals surface area contributed by atoms with Crippen LogP contribution in [0.4, 0.5) is 9.18 Å². The topological polar surface area (TPSA) is 142 Å². The number of benzene rings is 2. The van der Waals surface area contributed by atoms with Gasteiger partial charge in [-0.05, 0) is 47.6 Å². The molecule has 2 aromatic carbocycles. The van der Waals surface area contributed by atoms with Crippen molar-refractivity contribution in [2.24, 2.45) is 11.7 Å². The van der Waals surface area contributed by atoms with Crippen molar-refractivity contribution in [3.8, 4) is 0 Å². The van der Waals surface area contributed by atoms with Gasteiger partial charge >= 0.3 is 6.09 Å². The molecule has 0 aromatic heterocycles. The summed E-state index contributed by atoms with van der Waals surface area (Å²) >= 11 is 0. The second kappa shape index (κ2) is 13.7. The highest BCUT2D eigenvalue weighted by Gasteiger charge is 2.34. The standard InChI is InChI=1S/C27H34FN3O6/c28-21-11-9-20(10-12-21)24(25(29)34)30-26(35)23-4-2-1-3-22(23)19-7-5-18(6-8-19)17-37-27(36)31(13-15-32)14-16-33/h5-12,22-24,32-33H,1-4,13-17H2,(H2,29,34)(H,30,35)/t22-,23+,24-/m0/s1. The van der Waals surface area contributed by atoms with E-state index in [0.29, 0.717) is 12.0 Å². The van der Waals surface area contributed by atoms with Crippen LogP contribution in [0.3, 0.4) is 0 Å². The van der Waals surface area contributed by atoms with Crippen molar-refractivity contribution in [3.63, 3.8) is 0 Å². The molecule has 0 spiro atoms. The highest BCUT2D eigenvalue weighted by Crippen LogP contribution is 2.38. The number of hydrogen-bond donors (Lipinski definition) is 4. The Labute approximate surface area is 215 Å². The summed E-state index contributed by atoms with van der Waals surface area (Å²) in [5, 5.41) is 20.9. The molecule has 1 aliphatic carbocycles. The highest BCUT2D eigenvalue weighted by atomic mass is 19.1. The van der Waals surface area contributed by atoms with E-state index in [-0.39, 0.29) is 50.7 Å². The van der Waals surface area contributed by atoms with Crippen molar-refractivity contribution in [1.29, 1.82) is 0 Å². The van der Waals surface area contributed by atoms with E-state index in [1.807, 2.05) is 24.3 Å². The quantitative estimate of drug-likeness (QED) is 0.362. The molecule has 200 valence electrons. The fourth-order valence-electron chi connectivity index (χ4n) is 4.70. The van der Waals surface area contributed by atoms with E-state index in [9.17, 15) is 18.8 Å². The molecule has 0 unspecified atom stereocenters. The summed E-state index contributed by atoms with van der Waals surface area (Å²) in [5.74, 6) is -1.86. The lowest BCUT2D eigenvalue weighted by Gasteiger charge is -2.32. The minimum absolute atomic E-state index is 0.0268. The van der Waals surface area contributed by atoms with Gasteiger partial charge in [0.25, 0.3) is 0 Å². The Kier molecular flexibility index (Phi) is 10.4. The Bertz CT molecular complexity index is 1040. The summed E-state index contributed by atoms with van der Waals surface area (Å²) in [6.07, 6.45) is 2.70. The Morgan fingerprint density at radius 3 is 2.22 bits per heavy atom. The first-order valence-electron chi connectivity index (χ1n) is 12.4. The second-order valence-electron chi connectivity index (χ2n) is 9.12. The fraction of sp³-hybridized carbons (Fsp3) is 0.444.